The fourth-order valence-electron chi connectivity index (χ4n) is 2.35. The molecular formula is C18H19N5O4. The molecule has 0 aliphatic carbocycles. The summed E-state index contributed by atoms with van der Waals surface area (Å²) in [7, 11) is 0. The molecule has 0 radical (unpaired) electrons. The number of nitrogens with one attached hydrogen (secondary N) is 2. The number of amides is 1. The van der Waals surface area contributed by atoms with Crippen molar-refractivity contribution in [2.45, 2.75) is 26.4 Å². The predicted octanol–water partition coefficient (Wildman–Crippen LogP) is 2.00. The summed E-state index contributed by atoms with van der Waals surface area (Å²) in [4.78, 5) is 39.0. The van der Waals surface area contributed by atoms with Crippen LogP contribution in [0, 0.1) is 6.92 Å². The van der Waals surface area contributed by atoms with Crippen LogP contribution in [-0.4, -0.2) is 44.5 Å². The van der Waals surface area contributed by atoms with Gasteiger partial charge in [0.25, 0.3) is 5.91 Å². The number of ether oxygens (including phenoxy) is 2. The molecule has 0 fully saturated rings. The minimum atomic E-state index is -0.983. The molecule has 1 atom stereocenters. The van der Waals surface area contributed by atoms with Crippen molar-refractivity contribution in [3.05, 3.63) is 42.5 Å². The van der Waals surface area contributed by atoms with Crippen LogP contribution in [0.2, 0.25) is 0 Å². The van der Waals surface area contributed by atoms with E-state index in [0.717, 1.165) is 5.56 Å². The number of carbonyl (C=O) groups is 2. The molecular weight excluding hydrogens is 350 g/mol. The maximum atomic E-state index is 12.2. The van der Waals surface area contributed by atoms with Crippen LogP contribution in [0.25, 0.3) is 11.2 Å². The maximum Gasteiger partial charge on any atom is 0.310 e. The van der Waals surface area contributed by atoms with Gasteiger partial charge in [-0.1, -0.05) is 18.2 Å². The van der Waals surface area contributed by atoms with E-state index in [1.165, 1.54) is 19.6 Å². The molecule has 9 nitrogen and oxygen atoms in total. The molecule has 2 heterocycles. The topological polar surface area (TPSA) is 119 Å². The number of fused-ring (bicyclic) bond motifs is 1. The van der Waals surface area contributed by atoms with Crippen molar-refractivity contribution < 1.29 is 19.1 Å². The molecule has 1 unspecified atom stereocenters. The highest BCUT2D eigenvalue weighted by Gasteiger charge is 2.20. The Morgan fingerprint density at radius 3 is 2.85 bits per heavy atom. The van der Waals surface area contributed by atoms with Crippen molar-refractivity contribution >= 4 is 28.9 Å². The van der Waals surface area contributed by atoms with Crippen LogP contribution in [0.5, 0.6) is 5.75 Å². The number of aromatic nitrogens is 4. The lowest BCUT2D eigenvalue weighted by Crippen LogP contribution is -2.30. The zero-order valence-electron chi connectivity index (χ0n) is 14.9. The largest absolute Gasteiger partial charge is 0.493 e. The Morgan fingerprint density at radius 1 is 1.22 bits per heavy atom. The fourth-order valence-corrected chi connectivity index (χ4v) is 2.35. The Morgan fingerprint density at radius 2 is 2.04 bits per heavy atom. The summed E-state index contributed by atoms with van der Waals surface area (Å²) >= 11 is 0. The molecule has 0 aliphatic rings. The lowest BCUT2D eigenvalue weighted by atomic mass is 10.2. The quantitative estimate of drug-likeness (QED) is 0.611. The molecule has 0 saturated carbocycles. The number of hydrogen-bond acceptors (Lipinski definition) is 7. The average molecular weight is 369 g/mol. The van der Waals surface area contributed by atoms with Gasteiger partial charge in [0, 0.05) is 0 Å². The second kappa shape index (κ2) is 8.26. The van der Waals surface area contributed by atoms with E-state index in [9.17, 15) is 9.59 Å². The van der Waals surface area contributed by atoms with Gasteiger partial charge < -0.3 is 19.8 Å². The summed E-state index contributed by atoms with van der Waals surface area (Å²) in [5.74, 6) is -0.0462. The van der Waals surface area contributed by atoms with E-state index >= 15 is 0 Å². The molecule has 0 bridgehead atoms. The van der Waals surface area contributed by atoms with Gasteiger partial charge in [-0.2, -0.15) is 0 Å². The third-order valence-corrected chi connectivity index (χ3v) is 3.80. The van der Waals surface area contributed by atoms with E-state index in [1.54, 1.807) is 0 Å². The van der Waals surface area contributed by atoms with Crippen molar-refractivity contribution in [2.24, 2.45) is 0 Å². The summed E-state index contributed by atoms with van der Waals surface area (Å²) in [6.45, 7) is 3.57. The highest BCUT2D eigenvalue weighted by atomic mass is 16.5. The molecule has 3 aromatic rings. The Bertz CT molecular complexity index is 956. The number of hydrogen-bond donors (Lipinski definition) is 2. The van der Waals surface area contributed by atoms with Crippen LogP contribution < -0.4 is 10.1 Å². The summed E-state index contributed by atoms with van der Waals surface area (Å²) in [6.07, 6.45) is 1.79. The summed E-state index contributed by atoms with van der Waals surface area (Å²) in [5.41, 5.74) is 1.91. The number of anilines is 1. The Labute approximate surface area is 155 Å². The first kappa shape index (κ1) is 18.3. The van der Waals surface area contributed by atoms with E-state index in [0.29, 0.717) is 16.9 Å². The molecule has 0 aliphatic heterocycles. The van der Waals surface area contributed by atoms with Crippen LogP contribution in [-0.2, 0) is 14.3 Å². The van der Waals surface area contributed by atoms with Gasteiger partial charge in [0.1, 0.15) is 17.6 Å². The van der Waals surface area contributed by atoms with Gasteiger partial charge in [-0.3, -0.25) is 9.59 Å². The molecule has 3 rings (SSSR count). The minimum absolute atomic E-state index is 0.0320. The Hall–Kier alpha value is -3.49. The standard InChI is InChI=1S/C18H19N5O4/c1-11-5-3-4-6-13(11)26-8-7-14(24)27-12(2)18(25)23-17-15-16(20-9-19-15)21-10-22-17/h3-6,9-10,12H,7-8H2,1-2H3,(H2,19,20,21,22,23,25). The van der Waals surface area contributed by atoms with Gasteiger partial charge in [0.15, 0.2) is 17.6 Å². The van der Waals surface area contributed by atoms with E-state index in [4.69, 9.17) is 9.47 Å². The zero-order chi connectivity index (χ0) is 19.2. The first-order valence-electron chi connectivity index (χ1n) is 8.37. The molecule has 1 aromatic carbocycles. The van der Waals surface area contributed by atoms with Crippen molar-refractivity contribution in [2.75, 3.05) is 11.9 Å². The highest BCUT2D eigenvalue weighted by Crippen LogP contribution is 2.17. The number of aryl methyl sites for hydroxylation is 1. The number of para-hydroxylation sites is 1. The van der Waals surface area contributed by atoms with Crippen LogP contribution in [0.4, 0.5) is 5.82 Å². The van der Waals surface area contributed by atoms with Crippen LogP contribution >= 0.6 is 0 Å². The zero-order valence-corrected chi connectivity index (χ0v) is 14.9. The number of esters is 1. The smallest absolute Gasteiger partial charge is 0.310 e. The average Bonchev–Trinajstić information content (AvgIpc) is 3.13. The third-order valence-electron chi connectivity index (χ3n) is 3.80. The number of nitrogens with zero attached hydrogens (tertiary/aromatic N) is 3. The van der Waals surface area contributed by atoms with Crippen LogP contribution in [0.15, 0.2) is 36.9 Å². The van der Waals surface area contributed by atoms with Crippen molar-refractivity contribution in [3.63, 3.8) is 0 Å². The molecule has 140 valence electrons. The number of H-pyrrole nitrogens is 1. The number of imidazole rings is 1. The van der Waals surface area contributed by atoms with Gasteiger partial charge in [0.05, 0.1) is 19.4 Å². The number of rotatable bonds is 7. The molecule has 1 amide bonds. The predicted molar refractivity (Wildman–Crippen MR) is 97.2 cm³/mol. The van der Waals surface area contributed by atoms with Crippen molar-refractivity contribution in [1.29, 1.82) is 0 Å². The van der Waals surface area contributed by atoms with Crippen LogP contribution in [0.3, 0.4) is 0 Å². The maximum absolute atomic E-state index is 12.2. The number of carbonyl (C=O) groups excluding carboxylic acids is 2. The summed E-state index contributed by atoms with van der Waals surface area (Å²) in [5, 5.41) is 2.60. The first-order valence-corrected chi connectivity index (χ1v) is 8.37. The van der Waals surface area contributed by atoms with Gasteiger partial charge in [-0.05, 0) is 25.5 Å². The molecule has 2 aromatic heterocycles. The normalized spacial score (nSPS) is 11.8. The van der Waals surface area contributed by atoms with E-state index < -0.39 is 18.0 Å². The third kappa shape index (κ3) is 4.57. The van der Waals surface area contributed by atoms with Gasteiger partial charge >= 0.3 is 5.97 Å². The monoisotopic (exact) mass is 369 g/mol. The summed E-state index contributed by atoms with van der Waals surface area (Å²) < 4.78 is 10.7. The lowest BCUT2D eigenvalue weighted by Gasteiger charge is -2.14. The van der Waals surface area contributed by atoms with Gasteiger partial charge in [-0.15, -0.1) is 0 Å². The van der Waals surface area contributed by atoms with Gasteiger partial charge in [0.2, 0.25) is 0 Å². The molecule has 9 heteroatoms. The fraction of sp³-hybridized carbons (Fsp3) is 0.278. The SMILES string of the molecule is Cc1ccccc1OCCC(=O)OC(C)C(=O)Nc1ncnc2nc[nH]c12. The van der Waals surface area contributed by atoms with Gasteiger partial charge in [-0.25, -0.2) is 15.0 Å². The van der Waals surface area contributed by atoms with E-state index in [2.05, 4.69) is 25.3 Å². The molecule has 0 saturated heterocycles. The minimum Gasteiger partial charge on any atom is -0.493 e. The Balaban J connectivity index is 1.48. The number of aromatic amines is 1. The molecule has 0 spiro atoms. The van der Waals surface area contributed by atoms with Crippen molar-refractivity contribution in [1.82, 2.24) is 19.9 Å². The van der Waals surface area contributed by atoms with Crippen LogP contribution in [0.1, 0.15) is 18.9 Å². The Kier molecular flexibility index (Phi) is 5.60. The molecule has 27 heavy (non-hydrogen) atoms. The first-order chi connectivity index (χ1) is 13.0. The lowest BCUT2D eigenvalue weighted by molar-refractivity contribution is -0.153. The molecule has 2 N–H and O–H groups in total. The second-order valence-corrected chi connectivity index (χ2v) is 5.81. The summed E-state index contributed by atoms with van der Waals surface area (Å²) in [6, 6.07) is 7.51. The number of benzene rings is 1. The highest BCUT2D eigenvalue weighted by molar-refractivity contribution is 5.99. The van der Waals surface area contributed by atoms with E-state index in [1.807, 2.05) is 31.2 Å². The van der Waals surface area contributed by atoms with Crippen molar-refractivity contribution in [3.8, 4) is 5.75 Å². The second-order valence-electron chi connectivity index (χ2n) is 5.81. The van der Waals surface area contributed by atoms with E-state index in [-0.39, 0.29) is 18.8 Å².